The number of benzene rings is 6. The number of nitrogens with zero attached hydrogens (tertiary/aromatic N) is 10. The Morgan fingerprint density at radius 3 is 0.719 bits per heavy atom. The quantitative estimate of drug-likeness (QED) is 0.156. The van der Waals surface area contributed by atoms with Crippen LogP contribution >= 0.6 is 0 Å². The molecule has 0 amide bonds. The third kappa shape index (κ3) is 8.17. The average molecular weight is 879 g/mol. The van der Waals surface area contributed by atoms with E-state index >= 15 is 0 Å². The van der Waals surface area contributed by atoms with Crippen LogP contribution in [-0.2, 0) is 18.5 Å². The zero-order chi connectivity index (χ0) is 44.8. The van der Waals surface area contributed by atoms with Crippen LogP contribution in [0.3, 0.4) is 0 Å². The highest BCUT2D eigenvalue weighted by Gasteiger charge is 2.40. The van der Waals surface area contributed by atoms with Gasteiger partial charge < -0.3 is 0 Å². The summed E-state index contributed by atoms with van der Waals surface area (Å²) in [6.07, 6.45) is -13.9. The van der Waals surface area contributed by atoms with Crippen LogP contribution in [0.1, 0.15) is 16.7 Å². The minimum absolute atomic E-state index is 0.136. The predicted molar refractivity (Wildman–Crippen MR) is 227 cm³/mol. The van der Waals surface area contributed by atoms with Gasteiger partial charge in [-0.25, -0.2) is 4.90 Å². The van der Waals surface area contributed by atoms with Crippen molar-refractivity contribution in [2.75, 3.05) is 14.7 Å². The maximum absolute atomic E-state index is 13.7. The number of para-hydroxylation sites is 3. The van der Waals surface area contributed by atoms with Crippen LogP contribution in [-0.4, -0.2) is 40.7 Å². The standard InChI is InChI=1S/C45H27F9N10/c46-43(47,48)28-16-22-34(23-17-28)61(31-10-4-1-5-11-31)37-55-40-57-38(62(32-12-6-2-7-13-32)35-24-18-29(19-25-35)44(49,50)51)59-42-60-39(58-41(56-37)64(40)42)63(33-14-8-3-9-15-33)36-26-20-30(21-27-36)45(52,53)54/h1-27H. The highest BCUT2D eigenvalue weighted by atomic mass is 19.4. The minimum Gasteiger partial charge on any atom is -0.279 e. The van der Waals surface area contributed by atoms with Crippen molar-refractivity contribution in [3.05, 3.63) is 180 Å². The lowest BCUT2D eigenvalue weighted by atomic mass is 10.1. The molecule has 3 aliphatic rings. The molecule has 10 nitrogen and oxygen atoms in total. The van der Waals surface area contributed by atoms with Crippen molar-refractivity contribution in [1.29, 1.82) is 0 Å². The van der Waals surface area contributed by atoms with Gasteiger partial charge in [-0.2, -0.15) is 69.5 Å². The molecule has 0 spiro atoms. The largest absolute Gasteiger partial charge is 0.416 e. The van der Waals surface area contributed by atoms with E-state index in [1.807, 2.05) is 0 Å². The molecule has 0 aromatic heterocycles. The second kappa shape index (κ2) is 16.0. The molecular weight excluding hydrogens is 852 g/mol. The van der Waals surface area contributed by atoms with E-state index in [0.29, 0.717) is 17.1 Å². The smallest absolute Gasteiger partial charge is 0.279 e. The number of rotatable bonds is 6. The van der Waals surface area contributed by atoms with E-state index in [4.69, 9.17) is 30.0 Å². The molecule has 0 bridgehead atoms. The van der Waals surface area contributed by atoms with Crippen molar-refractivity contribution in [2.45, 2.75) is 18.5 Å². The molecule has 3 aliphatic heterocycles. The summed E-state index contributed by atoms with van der Waals surface area (Å²) in [5.74, 6) is -0.844. The monoisotopic (exact) mass is 878 g/mol. The van der Waals surface area contributed by atoms with Crippen LogP contribution in [0.5, 0.6) is 0 Å². The van der Waals surface area contributed by atoms with E-state index < -0.39 is 35.2 Å². The Kier molecular flexibility index (Phi) is 10.3. The maximum atomic E-state index is 13.7. The number of guanidine groups is 6. The molecule has 0 atom stereocenters. The Morgan fingerprint density at radius 2 is 0.500 bits per heavy atom. The number of hydrogen-bond acceptors (Lipinski definition) is 10. The van der Waals surface area contributed by atoms with E-state index in [2.05, 4.69) is 0 Å². The van der Waals surface area contributed by atoms with Crippen molar-refractivity contribution in [1.82, 2.24) is 4.90 Å². The van der Waals surface area contributed by atoms with Gasteiger partial charge in [-0.15, -0.1) is 0 Å². The van der Waals surface area contributed by atoms with E-state index in [9.17, 15) is 39.5 Å². The molecule has 0 radical (unpaired) electrons. The number of alkyl halides is 9. The van der Waals surface area contributed by atoms with Gasteiger partial charge in [0.2, 0.25) is 35.8 Å². The molecular formula is C45H27F9N10. The average Bonchev–Trinajstić information content (AvgIpc) is 3.27. The summed E-state index contributed by atoms with van der Waals surface area (Å²) in [6.45, 7) is 0. The molecule has 0 saturated heterocycles. The summed E-state index contributed by atoms with van der Waals surface area (Å²) < 4.78 is 124. The molecule has 320 valence electrons. The second-order valence-corrected chi connectivity index (χ2v) is 14.0. The highest BCUT2D eigenvalue weighted by molar-refractivity contribution is 6.34. The Morgan fingerprint density at radius 1 is 0.281 bits per heavy atom. The van der Waals surface area contributed by atoms with Gasteiger partial charge >= 0.3 is 18.5 Å². The Hall–Kier alpha value is -8.09. The second-order valence-electron chi connectivity index (χ2n) is 14.0. The lowest BCUT2D eigenvalue weighted by molar-refractivity contribution is -0.138. The third-order valence-corrected chi connectivity index (χ3v) is 9.80. The highest BCUT2D eigenvalue weighted by Crippen LogP contribution is 2.38. The first-order chi connectivity index (χ1) is 30.6. The summed E-state index contributed by atoms with van der Waals surface area (Å²) in [5, 5.41) is 0. The number of hydrogen-bond donors (Lipinski definition) is 0. The summed E-state index contributed by atoms with van der Waals surface area (Å²) in [5.41, 5.74) is -0.816. The van der Waals surface area contributed by atoms with Crippen molar-refractivity contribution < 1.29 is 39.5 Å². The maximum Gasteiger partial charge on any atom is 0.416 e. The molecule has 64 heavy (non-hydrogen) atoms. The van der Waals surface area contributed by atoms with Gasteiger partial charge in [0.1, 0.15) is 0 Å². The third-order valence-electron chi connectivity index (χ3n) is 9.80. The molecule has 3 heterocycles. The van der Waals surface area contributed by atoms with Gasteiger partial charge in [-0.1, -0.05) is 54.6 Å². The van der Waals surface area contributed by atoms with E-state index in [1.54, 1.807) is 91.0 Å². The lowest BCUT2D eigenvalue weighted by Gasteiger charge is -2.36. The number of aliphatic imine (C=N–C) groups is 6. The molecule has 0 fully saturated rings. The lowest BCUT2D eigenvalue weighted by Crippen LogP contribution is -2.51. The molecule has 0 unspecified atom stereocenters. The van der Waals surface area contributed by atoms with Gasteiger partial charge in [-0.05, 0) is 109 Å². The topological polar surface area (TPSA) is 87.1 Å². The van der Waals surface area contributed by atoms with Crippen molar-refractivity contribution in [3.63, 3.8) is 0 Å². The zero-order valence-electron chi connectivity index (χ0n) is 32.5. The van der Waals surface area contributed by atoms with Crippen molar-refractivity contribution in [2.24, 2.45) is 30.0 Å². The molecule has 19 heteroatoms. The van der Waals surface area contributed by atoms with Gasteiger partial charge in [0, 0.05) is 34.1 Å². The predicted octanol–water partition coefficient (Wildman–Crippen LogP) is 12.0. The van der Waals surface area contributed by atoms with Crippen LogP contribution in [0.25, 0.3) is 0 Å². The molecule has 6 aromatic rings. The van der Waals surface area contributed by atoms with Crippen LogP contribution in [0, 0.1) is 0 Å². The summed E-state index contributed by atoms with van der Waals surface area (Å²) in [6, 6.07) is 38.3. The summed E-state index contributed by atoms with van der Waals surface area (Å²) in [7, 11) is 0. The van der Waals surface area contributed by atoms with Gasteiger partial charge in [0.05, 0.1) is 16.7 Å². The van der Waals surface area contributed by atoms with Gasteiger partial charge in [0.15, 0.2) is 0 Å². The zero-order valence-corrected chi connectivity index (χ0v) is 32.5. The van der Waals surface area contributed by atoms with Gasteiger partial charge in [0.25, 0.3) is 0 Å². The SMILES string of the molecule is FC(F)(F)c1ccc(N(C2=NC3=NC(N(c4ccccc4)c4ccc(C(F)(F)F)cc4)=NC4=NC(N(c5ccccc5)c5ccc(C(F)(F)F)cc5)=NC(=N2)N34)c2ccccc2)cc1. The van der Waals surface area contributed by atoms with Crippen LogP contribution < -0.4 is 14.7 Å². The normalized spacial score (nSPS) is 14.9. The Bertz CT molecular complexity index is 2560. The summed E-state index contributed by atoms with van der Waals surface area (Å²) in [4.78, 5) is 34.4. The van der Waals surface area contributed by atoms with Crippen LogP contribution in [0.15, 0.2) is 194 Å². The Labute approximate surface area is 357 Å². The first-order valence-electron chi connectivity index (χ1n) is 19.0. The number of anilines is 6. The molecule has 0 aliphatic carbocycles. The fraction of sp³-hybridized carbons (Fsp3) is 0.0667. The Balaban J connectivity index is 1.27. The molecule has 0 saturated carbocycles. The van der Waals surface area contributed by atoms with Gasteiger partial charge in [-0.3, -0.25) is 14.7 Å². The minimum atomic E-state index is -4.63. The van der Waals surface area contributed by atoms with E-state index in [1.165, 1.54) is 56.0 Å². The fourth-order valence-electron chi connectivity index (χ4n) is 6.82. The summed E-state index contributed by atoms with van der Waals surface area (Å²) >= 11 is 0. The van der Waals surface area contributed by atoms with Crippen LogP contribution in [0.2, 0.25) is 0 Å². The molecule has 0 N–H and O–H groups in total. The van der Waals surface area contributed by atoms with Crippen molar-refractivity contribution in [3.8, 4) is 0 Å². The number of halogens is 9. The fourth-order valence-corrected chi connectivity index (χ4v) is 6.82. The molecule has 6 aromatic carbocycles. The molecule has 9 rings (SSSR count). The van der Waals surface area contributed by atoms with Crippen LogP contribution in [0.4, 0.5) is 73.6 Å². The van der Waals surface area contributed by atoms with E-state index in [0.717, 1.165) is 36.4 Å². The van der Waals surface area contributed by atoms with E-state index in [-0.39, 0.29) is 52.8 Å². The first-order valence-corrected chi connectivity index (χ1v) is 19.0. The first kappa shape index (κ1) is 41.3. The van der Waals surface area contributed by atoms with Crippen molar-refractivity contribution >= 4 is 69.9 Å².